The molecule has 0 fully saturated rings. The van der Waals surface area contributed by atoms with E-state index in [0.29, 0.717) is 15.8 Å². The fourth-order valence-electron chi connectivity index (χ4n) is 1.33. The Morgan fingerprint density at radius 3 is 2.33 bits per heavy atom. The van der Waals surface area contributed by atoms with Crippen LogP contribution in [0.2, 0.25) is 10.0 Å². The molecule has 0 aliphatic carbocycles. The molecule has 1 aromatic rings. The molecule has 2 unspecified atom stereocenters. The molecule has 21 heavy (non-hydrogen) atoms. The first-order valence-corrected chi connectivity index (χ1v) is 6.73. The lowest BCUT2D eigenvalue weighted by atomic mass is 10.1. The van der Waals surface area contributed by atoms with E-state index in [2.05, 4.69) is 5.32 Å². The van der Waals surface area contributed by atoms with Gasteiger partial charge in [0, 0.05) is 10.0 Å². The first kappa shape index (κ1) is 17.6. The van der Waals surface area contributed by atoms with Gasteiger partial charge in [-0.2, -0.15) is 0 Å². The van der Waals surface area contributed by atoms with E-state index in [1.807, 2.05) is 0 Å². The van der Waals surface area contributed by atoms with Gasteiger partial charge in [0.2, 0.25) is 0 Å². The number of amides is 1. The highest BCUT2D eigenvalue weighted by atomic mass is 35.5. The van der Waals surface area contributed by atoms with Crippen LogP contribution >= 0.6 is 23.2 Å². The number of nitrogens with one attached hydrogen (secondary N) is 1. The minimum atomic E-state index is -2.05. The molecule has 8 heteroatoms. The van der Waals surface area contributed by atoms with Gasteiger partial charge in [-0.05, 0) is 32.0 Å². The van der Waals surface area contributed by atoms with Crippen molar-refractivity contribution in [3.63, 3.8) is 0 Å². The summed E-state index contributed by atoms with van der Waals surface area (Å²) in [6.07, 6.45) is -0.913. The maximum absolute atomic E-state index is 11.8. The van der Waals surface area contributed by atoms with E-state index >= 15 is 0 Å². The molecular formula is C13H15Cl2NO5. The van der Waals surface area contributed by atoms with Crippen molar-refractivity contribution < 1.29 is 24.5 Å². The standard InChI is InChI=1S/C13H15Cl2NO5/c1-7(11(17)16-6-13(2,20)12(18)19)21-10-4-8(14)3-9(15)5-10/h3-5,7,20H,6H2,1-2H3,(H,16,17)(H,18,19). The summed E-state index contributed by atoms with van der Waals surface area (Å²) < 4.78 is 5.35. The zero-order valence-corrected chi connectivity index (χ0v) is 12.9. The molecule has 2 atom stereocenters. The van der Waals surface area contributed by atoms with E-state index < -0.39 is 30.1 Å². The van der Waals surface area contributed by atoms with E-state index in [9.17, 15) is 14.7 Å². The lowest BCUT2D eigenvalue weighted by Crippen LogP contribution is -2.49. The van der Waals surface area contributed by atoms with Crippen LogP contribution in [-0.2, 0) is 9.59 Å². The lowest BCUT2D eigenvalue weighted by molar-refractivity contribution is -0.156. The van der Waals surface area contributed by atoms with Crippen molar-refractivity contribution in [3.05, 3.63) is 28.2 Å². The van der Waals surface area contributed by atoms with Crippen molar-refractivity contribution in [2.45, 2.75) is 25.6 Å². The van der Waals surface area contributed by atoms with E-state index in [-0.39, 0.29) is 0 Å². The van der Waals surface area contributed by atoms with Gasteiger partial charge in [-0.15, -0.1) is 0 Å². The van der Waals surface area contributed by atoms with E-state index in [1.165, 1.54) is 25.1 Å². The van der Waals surface area contributed by atoms with Crippen LogP contribution in [0.15, 0.2) is 18.2 Å². The molecule has 0 saturated heterocycles. The average molecular weight is 336 g/mol. The second-order valence-corrected chi connectivity index (χ2v) is 5.53. The Morgan fingerprint density at radius 1 is 1.33 bits per heavy atom. The largest absolute Gasteiger partial charge is 0.481 e. The van der Waals surface area contributed by atoms with Crippen molar-refractivity contribution in [2.75, 3.05) is 6.54 Å². The van der Waals surface area contributed by atoms with Gasteiger partial charge >= 0.3 is 5.97 Å². The van der Waals surface area contributed by atoms with Gasteiger partial charge in [-0.1, -0.05) is 23.2 Å². The Kier molecular flexibility index (Phi) is 5.83. The number of rotatable bonds is 6. The molecule has 0 aliphatic rings. The lowest BCUT2D eigenvalue weighted by Gasteiger charge is -2.20. The molecule has 0 aromatic heterocycles. The third kappa shape index (κ3) is 5.41. The maximum atomic E-state index is 11.8. The van der Waals surface area contributed by atoms with E-state index in [0.717, 1.165) is 6.92 Å². The zero-order valence-electron chi connectivity index (χ0n) is 11.4. The molecule has 1 amide bonds. The number of hydrogen-bond donors (Lipinski definition) is 3. The molecule has 0 radical (unpaired) electrons. The Labute approximate surface area is 131 Å². The SMILES string of the molecule is CC(Oc1cc(Cl)cc(Cl)c1)C(=O)NCC(C)(O)C(=O)O. The number of benzene rings is 1. The fraction of sp³-hybridized carbons (Fsp3) is 0.385. The minimum Gasteiger partial charge on any atom is -0.481 e. The molecule has 116 valence electrons. The van der Waals surface area contributed by atoms with Crippen LogP contribution in [0.5, 0.6) is 5.75 Å². The smallest absolute Gasteiger partial charge is 0.337 e. The van der Waals surface area contributed by atoms with Gasteiger partial charge in [0.25, 0.3) is 5.91 Å². The number of carboxylic acid groups (broad SMARTS) is 1. The first-order chi connectivity index (χ1) is 9.61. The van der Waals surface area contributed by atoms with Gasteiger partial charge in [-0.3, -0.25) is 4.79 Å². The van der Waals surface area contributed by atoms with E-state index in [1.54, 1.807) is 0 Å². The van der Waals surface area contributed by atoms with Crippen LogP contribution < -0.4 is 10.1 Å². The molecular weight excluding hydrogens is 321 g/mol. The fourth-order valence-corrected chi connectivity index (χ4v) is 1.84. The summed E-state index contributed by atoms with van der Waals surface area (Å²) in [7, 11) is 0. The number of aliphatic hydroxyl groups is 1. The monoisotopic (exact) mass is 335 g/mol. The quantitative estimate of drug-likeness (QED) is 0.735. The second-order valence-electron chi connectivity index (χ2n) is 4.66. The Hall–Kier alpha value is -1.50. The Balaban J connectivity index is 2.61. The topological polar surface area (TPSA) is 95.9 Å². The van der Waals surface area contributed by atoms with Gasteiger partial charge in [-0.25, -0.2) is 4.79 Å². The van der Waals surface area contributed by atoms with Crippen molar-refractivity contribution in [2.24, 2.45) is 0 Å². The zero-order chi connectivity index (χ0) is 16.2. The van der Waals surface area contributed by atoms with Crippen molar-refractivity contribution in [3.8, 4) is 5.75 Å². The van der Waals surface area contributed by atoms with Gasteiger partial charge in [0.15, 0.2) is 11.7 Å². The predicted octanol–water partition coefficient (Wildman–Crippen LogP) is 1.71. The highest BCUT2D eigenvalue weighted by molar-refractivity contribution is 6.34. The second kappa shape index (κ2) is 6.98. The summed E-state index contributed by atoms with van der Waals surface area (Å²) in [6, 6.07) is 4.50. The molecule has 1 rings (SSSR count). The number of carbonyl (C=O) groups excluding carboxylic acids is 1. The molecule has 0 bridgehead atoms. The van der Waals surface area contributed by atoms with Gasteiger partial charge < -0.3 is 20.3 Å². The summed E-state index contributed by atoms with van der Waals surface area (Å²) in [5.41, 5.74) is -2.05. The Bertz CT molecular complexity index is 527. The van der Waals surface area contributed by atoms with Crippen LogP contribution in [0.4, 0.5) is 0 Å². The number of carbonyl (C=O) groups is 2. The number of carboxylic acids is 1. The first-order valence-electron chi connectivity index (χ1n) is 5.98. The number of aliphatic carboxylic acids is 1. The molecule has 0 saturated carbocycles. The summed E-state index contributed by atoms with van der Waals surface area (Å²) in [5, 5.41) is 21.2. The third-order valence-corrected chi connectivity index (χ3v) is 3.02. The molecule has 6 nitrogen and oxygen atoms in total. The predicted molar refractivity (Wildman–Crippen MR) is 77.8 cm³/mol. The van der Waals surface area contributed by atoms with Crippen molar-refractivity contribution in [1.29, 1.82) is 0 Å². The number of hydrogen-bond acceptors (Lipinski definition) is 4. The Morgan fingerprint density at radius 2 is 1.86 bits per heavy atom. The highest BCUT2D eigenvalue weighted by Crippen LogP contribution is 2.24. The molecule has 0 aliphatic heterocycles. The number of ether oxygens (including phenoxy) is 1. The van der Waals surface area contributed by atoms with Gasteiger partial charge in [0.05, 0.1) is 6.54 Å². The van der Waals surface area contributed by atoms with Crippen LogP contribution in [0.1, 0.15) is 13.8 Å². The minimum absolute atomic E-state index is 0.306. The van der Waals surface area contributed by atoms with E-state index in [4.69, 9.17) is 33.0 Å². The van der Waals surface area contributed by atoms with Crippen LogP contribution in [0.25, 0.3) is 0 Å². The van der Waals surface area contributed by atoms with Crippen molar-refractivity contribution >= 4 is 35.1 Å². The molecule has 3 N–H and O–H groups in total. The molecule has 0 spiro atoms. The summed E-state index contributed by atoms with van der Waals surface area (Å²) in [5.74, 6) is -1.70. The molecule has 1 aromatic carbocycles. The van der Waals surface area contributed by atoms with Crippen LogP contribution in [0, 0.1) is 0 Å². The summed E-state index contributed by atoms with van der Waals surface area (Å²) >= 11 is 11.6. The summed E-state index contributed by atoms with van der Waals surface area (Å²) in [4.78, 5) is 22.5. The van der Waals surface area contributed by atoms with Crippen LogP contribution in [0.3, 0.4) is 0 Å². The maximum Gasteiger partial charge on any atom is 0.337 e. The molecule has 0 heterocycles. The summed E-state index contributed by atoms with van der Waals surface area (Å²) in [6.45, 7) is 2.11. The third-order valence-electron chi connectivity index (χ3n) is 2.59. The van der Waals surface area contributed by atoms with Crippen LogP contribution in [-0.4, -0.2) is 40.3 Å². The van der Waals surface area contributed by atoms with Crippen molar-refractivity contribution in [1.82, 2.24) is 5.32 Å². The average Bonchev–Trinajstić information content (AvgIpc) is 2.34. The normalized spacial score (nSPS) is 14.9. The highest BCUT2D eigenvalue weighted by Gasteiger charge is 2.31. The number of halogens is 2. The van der Waals surface area contributed by atoms with Gasteiger partial charge in [0.1, 0.15) is 5.75 Å².